The van der Waals surface area contributed by atoms with Crippen molar-refractivity contribution in [2.24, 2.45) is 0 Å². The zero-order chi connectivity index (χ0) is 13.5. The molecule has 5 nitrogen and oxygen atoms in total. The number of hydrogen-bond donors (Lipinski definition) is 0. The molecule has 1 aromatic rings. The zero-order valence-corrected chi connectivity index (χ0v) is 10.2. The standard InChI is InChI=1S/C13H14O5/c1-9(14)8-12(15)17-10(2)13(16)18-11-6-4-3-5-7-11/h3-7,10H,8H2,1-2H3/t10-/m0/s1. The molecule has 0 fully saturated rings. The molecule has 96 valence electrons. The number of esters is 2. The van der Waals surface area contributed by atoms with Crippen molar-refractivity contribution in [1.29, 1.82) is 0 Å². The van der Waals surface area contributed by atoms with Crippen LogP contribution in [0.15, 0.2) is 30.3 Å². The number of benzene rings is 1. The summed E-state index contributed by atoms with van der Waals surface area (Å²) in [5, 5.41) is 0. The molecule has 18 heavy (non-hydrogen) atoms. The second-order valence-corrected chi connectivity index (χ2v) is 3.75. The summed E-state index contributed by atoms with van der Waals surface area (Å²) < 4.78 is 9.74. The van der Waals surface area contributed by atoms with Gasteiger partial charge in [0.15, 0.2) is 6.10 Å². The van der Waals surface area contributed by atoms with Crippen molar-refractivity contribution in [3.63, 3.8) is 0 Å². The van der Waals surface area contributed by atoms with E-state index in [1.54, 1.807) is 30.3 Å². The van der Waals surface area contributed by atoms with Crippen LogP contribution in [0.4, 0.5) is 0 Å². The fourth-order valence-corrected chi connectivity index (χ4v) is 1.18. The van der Waals surface area contributed by atoms with Gasteiger partial charge in [0.2, 0.25) is 0 Å². The lowest BCUT2D eigenvalue weighted by Gasteiger charge is -2.11. The van der Waals surface area contributed by atoms with Crippen molar-refractivity contribution >= 4 is 17.7 Å². The summed E-state index contributed by atoms with van der Waals surface area (Å²) in [6, 6.07) is 8.45. The predicted octanol–water partition coefficient (Wildman–Crippen LogP) is 1.50. The Morgan fingerprint density at radius 2 is 1.78 bits per heavy atom. The number of hydrogen-bond acceptors (Lipinski definition) is 5. The van der Waals surface area contributed by atoms with Gasteiger partial charge in [0.05, 0.1) is 0 Å². The van der Waals surface area contributed by atoms with Crippen LogP contribution in [0.3, 0.4) is 0 Å². The molecule has 0 bridgehead atoms. The second kappa shape index (κ2) is 6.54. The molecule has 0 aliphatic carbocycles. The third kappa shape index (κ3) is 4.78. The molecule has 5 heteroatoms. The van der Waals surface area contributed by atoms with Crippen LogP contribution in [0.5, 0.6) is 5.75 Å². The number of rotatable bonds is 5. The van der Waals surface area contributed by atoms with E-state index >= 15 is 0 Å². The lowest BCUT2D eigenvalue weighted by molar-refractivity contribution is -0.161. The maximum Gasteiger partial charge on any atom is 0.352 e. The molecule has 0 saturated carbocycles. The van der Waals surface area contributed by atoms with E-state index in [0.29, 0.717) is 5.75 Å². The second-order valence-electron chi connectivity index (χ2n) is 3.75. The third-order valence-electron chi connectivity index (χ3n) is 2.00. The van der Waals surface area contributed by atoms with Crippen molar-refractivity contribution in [3.05, 3.63) is 30.3 Å². The first-order valence-corrected chi connectivity index (χ1v) is 5.44. The fraction of sp³-hybridized carbons (Fsp3) is 0.308. The monoisotopic (exact) mass is 250 g/mol. The van der Waals surface area contributed by atoms with Crippen molar-refractivity contribution < 1.29 is 23.9 Å². The van der Waals surface area contributed by atoms with Crippen LogP contribution in [0.2, 0.25) is 0 Å². The average molecular weight is 250 g/mol. The molecule has 1 rings (SSSR count). The molecule has 0 saturated heterocycles. The van der Waals surface area contributed by atoms with Crippen LogP contribution in [0.1, 0.15) is 20.3 Å². The van der Waals surface area contributed by atoms with Crippen LogP contribution >= 0.6 is 0 Å². The van der Waals surface area contributed by atoms with Crippen LogP contribution < -0.4 is 4.74 Å². The topological polar surface area (TPSA) is 69.7 Å². The van der Waals surface area contributed by atoms with E-state index in [4.69, 9.17) is 9.47 Å². The molecular formula is C13H14O5. The Labute approximate surface area is 105 Å². The largest absolute Gasteiger partial charge is 0.450 e. The van der Waals surface area contributed by atoms with Crippen LogP contribution in [-0.2, 0) is 19.1 Å². The molecule has 0 N–H and O–H groups in total. The Balaban J connectivity index is 2.47. The normalized spacial score (nSPS) is 11.4. The van der Waals surface area contributed by atoms with Gasteiger partial charge in [-0.3, -0.25) is 9.59 Å². The summed E-state index contributed by atoms with van der Waals surface area (Å²) in [5.41, 5.74) is 0. The predicted molar refractivity (Wildman–Crippen MR) is 62.9 cm³/mol. The molecule has 0 aliphatic heterocycles. The van der Waals surface area contributed by atoms with Gasteiger partial charge in [-0.1, -0.05) is 18.2 Å². The first-order chi connectivity index (χ1) is 8.49. The van der Waals surface area contributed by atoms with Gasteiger partial charge in [0, 0.05) is 0 Å². The van der Waals surface area contributed by atoms with E-state index in [-0.39, 0.29) is 12.2 Å². The molecular weight excluding hydrogens is 236 g/mol. The van der Waals surface area contributed by atoms with E-state index in [1.165, 1.54) is 13.8 Å². The average Bonchev–Trinajstić information content (AvgIpc) is 2.28. The van der Waals surface area contributed by atoms with Gasteiger partial charge in [0.25, 0.3) is 0 Å². The first-order valence-electron chi connectivity index (χ1n) is 5.44. The van der Waals surface area contributed by atoms with E-state index in [9.17, 15) is 14.4 Å². The van der Waals surface area contributed by atoms with E-state index in [2.05, 4.69) is 0 Å². The van der Waals surface area contributed by atoms with Gasteiger partial charge in [0.1, 0.15) is 18.0 Å². The highest BCUT2D eigenvalue weighted by atomic mass is 16.6. The zero-order valence-electron chi connectivity index (χ0n) is 10.2. The lowest BCUT2D eigenvalue weighted by atomic mass is 10.3. The number of Topliss-reactive ketones (excluding diaryl/α,β-unsaturated/α-hetero) is 1. The van der Waals surface area contributed by atoms with Gasteiger partial charge in [-0.25, -0.2) is 4.79 Å². The molecule has 1 aromatic carbocycles. The van der Waals surface area contributed by atoms with Gasteiger partial charge in [-0.05, 0) is 26.0 Å². The number of carbonyl (C=O) groups excluding carboxylic acids is 3. The summed E-state index contributed by atoms with van der Waals surface area (Å²) in [6.07, 6.45) is -1.39. The van der Waals surface area contributed by atoms with Gasteiger partial charge in [-0.2, -0.15) is 0 Å². The highest BCUT2D eigenvalue weighted by molar-refractivity contribution is 5.95. The van der Waals surface area contributed by atoms with E-state index in [1.807, 2.05) is 0 Å². The number of carbonyl (C=O) groups is 3. The Morgan fingerprint density at radius 1 is 1.17 bits per heavy atom. The Bertz CT molecular complexity index is 438. The number of para-hydroxylation sites is 1. The van der Waals surface area contributed by atoms with Crippen molar-refractivity contribution in [2.75, 3.05) is 0 Å². The molecule has 0 amide bonds. The van der Waals surface area contributed by atoms with Crippen molar-refractivity contribution in [2.45, 2.75) is 26.4 Å². The van der Waals surface area contributed by atoms with Crippen LogP contribution in [0.25, 0.3) is 0 Å². The summed E-state index contributed by atoms with van der Waals surface area (Å²) in [4.78, 5) is 33.4. The maximum atomic E-state index is 11.5. The van der Waals surface area contributed by atoms with Crippen molar-refractivity contribution in [3.8, 4) is 5.75 Å². The molecule has 0 radical (unpaired) electrons. The fourth-order valence-electron chi connectivity index (χ4n) is 1.18. The number of ketones is 1. The maximum absolute atomic E-state index is 11.5. The summed E-state index contributed by atoms with van der Waals surface area (Å²) in [5.74, 6) is -1.36. The molecule has 0 aromatic heterocycles. The lowest BCUT2D eigenvalue weighted by Crippen LogP contribution is -2.28. The number of ether oxygens (including phenoxy) is 2. The Kier molecular flexibility index (Phi) is 5.05. The first kappa shape index (κ1) is 13.9. The molecule has 0 aliphatic rings. The Hall–Kier alpha value is -2.17. The quantitative estimate of drug-likeness (QED) is 0.450. The SMILES string of the molecule is CC(=O)CC(=O)O[C@@H](C)C(=O)Oc1ccccc1. The summed E-state index contributed by atoms with van der Waals surface area (Å²) >= 11 is 0. The minimum Gasteiger partial charge on any atom is -0.450 e. The third-order valence-corrected chi connectivity index (χ3v) is 2.00. The summed E-state index contributed by atoms with van der Waals surface area (Å²) in [6.45, 7) is 2.66. The minimum atomic E-state index is -1.04. The smallest absolute Gasteiger partial charge is 0.352 e. The molecule has 0 spiro atoms. The summed E-state index contributed by atoms with van der Waals surface area (Å²) in [7, 11) is 0. The molecule has 1 atom stereocenters. The van der Waals surface area contributed by atoms with Gasteiger partial charge < -0.3 is 9.47 Å². The van der Waals surface area contributed by atoms with Gasteiger partial charge >= 0.3 is 11.9 Å². The van der Waals surface area contributed by atoms with Crippen molar-refractivity contribution in [1.82, 2.24) is 0 Å². The molecule has 0 heterocycles. The minimum absolute atomic E-state index is 0.316. The van der Waals surface area contributed by atoms with Crippen LogP contribution in [0, 0.1) is 0 Å². The Morgan fingerprint density at radius 3 is 2.33 bits per heavy atom. The van der Waals surface area contributed by atoms with Crippen LogP contribution in [-0.4, -0.2) is 23.8 Å². The highest BCUT2D eigenvalue weighted by Gasteiger charge is 2.20. The van der Waals surface area contributed by atoms with E-state index in [0.717, 1.165) is 0 Å². The molecule has 0 unspecified atom stereocenters. The highest BCUT2D eigenvalue weighted by Crippen LogP contribution is 2.10. The van der Waals surface area contributed by atoms with Gasteiger partial charge in [-0.15, -0.1) is 0 Å². The van der Waals surface area contributed by atoms with E-state index < -0.39 is 18.0 Å².